The maximum Gasteiger partial charge on any atom is 0.123 e. The number of rotatable bonds is 11. The maximum atomic E-state index is 9.65. The lowest BCUT2D eigenvalue weighted by Crippen LogP contribution is -2.01. The lowest BCUT2D eigenvalue weighted by molar-refractivity contribution is 0.270. The topological polar surface area (TPSA) is 75.6 Å². The Morgan fingerprint density at radius 2 is 0.781 bits per heavy atom. The summed E-state index contributed by atoms with van der Waals surface area (Å²) in [4.78, 5) is 0. The third-order valence-corrected chi connectivity index (χ3v) is 4.76. The first-order valence-corrected chi connectivity index (χ1v) is 10.0. The molecule has 0 fully saturated rings. The van der Waals surface area contributed by atoms with Gasteiger partial charge < -0.3 is 33.5 Å². The molecule has 0 atom stereocenters. The van der Waals surface area contributed by atoms with E-state index in [1.165, 1.54) is 0 Å². The maximum absolute atomic E-state index is 9.65. The predicted molar refractivity (Wildman–Crippen MR) is 120 cm³/mol. The standard InChI is InChI=1S/C25H28O7/c1-27-20-7-18(8-21(11-20)28-2)15-31-24-5-17(14-26)6-25(13-24)32-16-19-9-22(29-3)12-23(10-19)30-4/h5-13,26H,14-16H2,1-4H3. The van der Waals surface area contributed by atoms with E-state index >= 15 is 0 Å². The molecule has 3 aromatic rings. The monoisotopic (exact) mass is 440 g/mol. The van der Waals surface area contributed by atoms with Gasteiger partial charge in [-0.2, -0.15) is 0 Å². The van der Waals surface area contributed by atoms with Crippen LogP contribution in [0.25, 0.3) is 0 Å². The molecule has 0 aromatic heterocycles. The van der Waals surface area contributed by atoms with E-state index in [0.29, 0.717) is 53.3 Å². The Hall–Kier alpha value is -3.58. The van der Waals surface area contributed by atoms with E-state index in [0.717, 1.165) is 11.1 Å². The van der Waals surface area contributed by atoms with Gasteiger partial charge in [0.1, 0.15) is 47.7 Å². The molecule has 0 radical (unpaired) electrons. The lowest BCUT2D eigenvalue weighted by Gasteiger charge is -2.14. The summed E-state index contributed by atoms with van der Waals surface area (Å²) in [6.45, 7) is 0.470. The molecule has 0 amide bonds. The highest BCUT2D eigenvalue weighted by molar-refractivity contribution is 5.41. The molecule has 0 bridgehead atoms. The Balaban J connectivity index is 1.73. The van der Waals surface area contributed by atoms with Gasteiger partial charge in [0.2, 0.25) is 0 Å². The van der Waals surface area contributed by atoms with Crippen molar-refractivity contribution in [3.05, 3.63) is 71.3 Å². The fourth-order valence-electron chi connectivity index (χ4n) is 3.12. The zero-order valence-electron chi connectivity index (χ0n) is 18.7. The molecule has 0 saturated carbocycles. The normalized spacial score (nSPS) is 10.4. The summed E-state index contributed by atoms with van der Waals surface area (Å²) in [5.74, 6) is 3.90. The number of hydrogen-bond acceptors (Lipinski definition) is 7. The second-order valence-corrected chi connectivity index (χ2v) is 6.99. The molecule has 0 unspecified atom stereocenters. The molecule has 0 aliphatic rings. The Kier molecular flexibility index (Phi) is 8.05. The van der Waals surface area contributed by atoms with Crippen LogP contribution in [-0.2, 0) is 19.8 Å². The molecule has 32 heavy (non-hydrogen) atoms. The van der Waals surface area contributed by atoms with E-state index in [1.54, 1.807) is 58.8 Å². The molecule has 3 aromatic carbocycles. The average molecular weight is 440 g/mol. The van der Waals surface area contributed by atoms with Crippen LogP contribution in [0.1, 0.15) is 16.7 Å². The number of aliphatic hydroxyl groups excluding tert-OH is 1. The van der Waals surface area contributed by atoms with Gasteiger partial charge in [0, 0.05) is 18.2 Å². The van der Waals surface area contributed by atoms with Crippen molar-refractivity contribution in [1.29, 1.82) is 0 Å². The largest absolute Gasteiger partial charge is 0.497 e. The van der Waals surface area contributed by atoms with Gasteiger partial charge >= 0.3 is 0 Å². The molecule has 3 rings (SSSR count). The Morgan fingerprint density at radius 3 is 1.09 bits per heavy atom. The van der Waals surface area contributed by atoms with Crippen LogP contribution in [0.15, 0.2) is 54.6 Å². The molecule has 170 valence electrons. The minimum Gasteiger partial charge on any atom is -0.497 e. The SMILES string of the molecule is COc1cc(COc2cc(CO)cc(OCc3cc(OC)cc(OC)c3)c2)cc(OC)c1. The van der Waals surface area contributed by atoms with Crippen molar-refractivity contribution in [2.24, 2.45) is 0 Å². The molecular formula is C25H28O7. The second kappa shape index (κ2) is 11.2. The van der Waals surface area contributed by atoms with Crippen LogP contribution in [0, 0.1) is 0 Å². The van der Waals surface area contributed by atoms with Gasteiger partial charge in [-0.25, -0.2) is 0 Å². The van der Waals surface area contributed by atoms with Gasteiger partial charge in [-0.15, -0.1) is 0 Å². The third kappa shape index (κ3) is 6.21. The fraction of sp³-hybridized carbons (Fsp3) is 0.280. The minimum absolute atomic E-state index is 0.131. The number of benzene rings is 3. The second-order valence-electron chi connectivity index (χ2n) is 6.99. The molecule has 0 saturated heterocycles. The zero-order chi connectivity index (χ0) is 22.9. The van der Waals surface area contributed by atoms with Crippen LogP contribution in [0.4, 0.5) is 0 Å². The number of methoxy groups -OCH3 is 4. The van der Waals surface area contributed by atoms with Crippen molar-refractivity contribution >= 4 is 0 Å². The summed E-state index contributed by atoms with van der Waals surface area (Å²) in [5, 5.41) is 9.65. The van der Waals surface area contributed by atoms with Crippen LogP contribution in [0.5, 0.6) is 34.5 Å². The van der Waals surface area contributed by atoms with E-state index in [2.05, 4.69) is 0 Å². The summed E-state index contributed by atoms with van der Waals surface area (Å²) >= 11 is 0. The number of aliphatic hydroxyl groups is 1. The van der Waals surface area contributed by atoms with Crippen molar-refractivity contribution in [1.82, 2.24) is 0 Å². The van der Waals surface area contributed by atoms with Gasteiger partial charge in [-0.3, -0.25) is 0 Å². The van der Waals surface area contributed by atoms with Gasteiger partial charge in [0.25, 0.3) is 0 Å². The molecule has 1 N–H and O–H groups in total. The highest BCUT2D eigenvalue weighted by atomic mass is 16.5. The average Bonchev–Trinajstić information content (AvgIpc) is 2.85. The zero-order valence-corrected chi connectivity index (χ0v) is 18.7. The van der Waals surface area contributed by atoms with E-state index in [9.17, 15) is 5.11 Å². The van der Waals surface area contributed by atoms with E-state index in [-0.39, 0.29) is 6.61 Å². The summed E-state index contributed by atoms with van der Waals surface area (Å²) in [6, 6.07) is 16.5. The van der Waals surface area contributed by atoms with E-state index in [4.69, 9.17) is 28.4 Å². The molecule has 0 aliphatic carbocycles. The smallest absolute Gasteiger partial charge is 0.123 e. The van der Waals surface area contributed by atoms with Crippen molar-refractivity contribution < 1.29 is 33.5 Å². The van der Waals surface area contributed by atoms with E-state index < -0.39 is 0 Å². The highest BCUT2D eigenvalue weighted by Crippen LogP contribution is 2.28. The van der Waals surface area contributed by atoms with Crippen molar-refractivity contribution in [2.45, 2.75) is 19.8 Å². The quantitative estimate of drug-likeness (QED) is 0.474. The highest BCUT2D eigenvalue weighted by Gasteiger charge is 2.08. The van der Waals surface area contributed by atoms with Gasteiger partial charge in [-0.1, -0.05) is 0 Å². The number of ether oxygens (including phenoxy) is 6. The van der Waals surface area contributed by atoms with Crippen LogP contribution in [-0.4, -0.2) is 33.5 Å². The Bertz CT molecular complexity index is 911. The summed E-state index contributed by atoms with van der Waals surface area (Å²) in [5.41, 5.74) is 2.46. The van der Waals surface area contributed by atoms with Crippen LogP contribution in [0.2, 0.25) is 0 Å². The van der Waals surface area contributed by atoms with Crippen molar-refractivity contribution in [3.63, 3.8) is 0 Å². The lowest BCUT2D eigenvalue weighted by atomic mass is 10.2. The van der Waals surface area contributed by atoms with Gasteiger partial charge in [-0.05, 0) is 53.1 Å². The van der Waals surface area contributed by atoms with Crippen LogP contribution >= 0.6 is 0 Å². The molecular weight excluding hydrogens is 412 g/mol. The van der Waals surface area contributed by atoms with Crippen LogP contribution < -0.4 is 28.4 Å². The number of hydrogen-bond donors (Lipinski definition) is 1. The molecule has 7 heteroatoms. The Morgan fingerprint density at radius 1 is 0.469 bits per heavy atom. The van der Waals surface area contributed by atoms with Gasteiger partial charge in [0.05, 0.1) is 35.0 Å². The Labute approximate surface area is 188 Å². The summed E-state index contributed by atoms with van der Waals surface area (Å²) in [6.07, 6.45) is 0. The predicted octanol–water partition coefficient (Wildman–Crippen LogP) is 4.37. The molecule has 7 nitrogen and oxygen atoms in total. The minimum atomic E-state index is -0.131. The third-order valence-electron chi connectivity index (χ3n) is 4.76. The molecule has 0 heterocycles. The first-order chi connectivity index (χ1) is 15.6. The van der Waals surface area contributed by atoms with Gasteiger partial charge in [0.15, 0.2) is 0 Å². The molecule has 0 spiro atoms. The fourth-order valence-corrected chi connectivity index (χ4v) is 3.12. The first kappa shape index (κ1) is 23.1. The first-order valence-electron chi connectivity index (χ1n) is 10.0. The molecule has 0 aliphatic heterocycles. The summed E-state index contributed by atoms with van der Waals surface area (Å²) in [7, 11) is 6.41. The van der Waals surface area contributed by atoms with Crippen molar-refractivity contribution in [3.8, 4) is 34.5 Å². The van der Waals surface area contributed by atoms with Crippen molar-refractivity contribution in [2.75, 3.05) is 28.4 Å². The van der Waals surface area contributed by atoms with Crippen LogP contribution in [0.3, 0.4) is 0 Å². The van der Waals surface area contributed by atoms with E-state index in [1.807, 2.05) is 24.3 Å². The summed E-state index contributed by atoms with van der Waals surface area (Å²) < 4.78 is 33.1.